The number of anilines is 2. The van der Waals surface area contributed by atoms with Crippen molar-refractivity contribution in [3.8, 4) is 6.07 Å². The van der Waals surface area contributed by atoms with Gasteiger partial charge in [-0.2, -0.15) is 15.3 Å². The first-order valence-corrected chi connectivity index (χ1v) is 11.5. The fourth-order valence-electron chi connectivity index (χ4n) is 8.43. The third-order valence-electron chi connectivity index (χ3n) is 9.37. The number of hydrogen-bond acceptors (Lipinski definition) is 7. The molecule has 0 saturated heterocycles. The van der Waals surface area contributed by atoms with Crippen LogP contribution in [0.4, 0.5) is 11.6 Å². The molecule has 10 nitrogen and oxygen atoms in total. The van der Waals surface area contributed by atoms with Crippen LogP contribution in [0.15, 0.2) is 29.6 Å². The molecule has 10 heteroatoms. The van der Waals surface area contributed by atoms with Gasteiger partial charge in [-0.15, -0.1) is 0 Å². The molecule has 4 heterocycles. The maximum atomic E-state index is 13.3. The van der Waals surface area contributed by atoms with E-state index in [0.29, 0.717) is 28.9 Å². The van der Waals surface area contributed by atoms with Crippen molar-refractivity contribution in [2.75, 3.05) is 5.32 Å². The second kappa shape index (κ2) is 5.25. The summed E-state index contributed by atoms with van der Waals surface area (Å²) in [5.74, 6) is 1.49. The average Bonchev–Trinajstić information content (AvgIpc) is 3.50. The zero-order valence-electron chi connectivity index (χ0n) is 18.0. The van der Waals surface area contributed by atoms with Crippen molar-refractivity contribution in [2.45, 2.75) is 44.6 Å². The Labute approximate surface area is 187 Å². The van der Waals surface area contributed by atoms with Gasteiger partial charge >= 0.3 is 5.69 Å². The third kappa shape index (κ3) is 1.76. The van der Waals surface area contributed by atoms with Gasteiger partial charge in [0.25, 0.3) is 0 Å². The smallest absolute Gasteiger partial charge is 0.323 e. The lowest BCUT2D eigenvalue weighted by molar-refractivity contribution is -0.264. The average molecular weight is 439 g/mol. The van der Waals surface area contributed by atoms with E-state index in [1.807, 2.05) is 23.8 Å². The number of hydrogen-bond donors (Lipinski definition) is 2. The van der Waals surface area contributed by atoms with Gasteiger partial charge in [0.05, 0.1) is 35.1 Å². The first-order valence-electron chi connectivity index (χ1n) is 11.5. The minimum Gasteiger partial charge on any atom is -0.323 e. The number of aromatic amines is 1. The predicted octanol–water partition coefficient (Wildman–Crippen LogP) is 2.64. The molecule has 5 unspecified atom stereocenters. The summed E-state index contributed by atoms with van der Waals surface area (Å²) in [5.41, 5.74) is 3.06. The second-order valence-corrected chi connectivity index (χ2v) is 10.5. The summed E-state index contributed by atoms with van der Waals surface area (Å²) in [7, 11) is 0. The van der Waals surface area contributed by atoms with Crippen molar-refractivity contribution in [1.82, 2.24) is 34.1 Å². The van der Waals surface area contributed by atoms with Crippen molar-refractivity contribution in [3.05, 3.63) is 40.8 Å². The summed E-state index contributed by atoms with van der Waals surface area (Å²) in [6.45, 7) is 1.99. The third-order valence-corrected chi connectivity index (χ3v) is 9.37. The van der Waals surface area contributed by atoms with E-state index in [2.05, 4.69) is 31.4 Å². The van der Waals surface area contributed by atoms with E-state index < -0.39 is 0 Å². The fraction of sp³-hybridized carbons (Fsp3) is 0.478. The Morgan fingerprint density at radius 3 is 3.00 bits per heavy atom. The molecule has 4 aliphatic carbocycles. The standard InChI is InChI=1S/C23H21N9O/c1-12-2-17-26-11-27-31(17)9-16(12)28-19-25-8-15-18(30-19)32(20(33)29-15)22-4-13-3-21(10-24)6-14(7-22)23(21,22)5-13/h2,8-9,11,13-14H,3-7H2,1H3,(H,29,33)(H,25,28,30). The lowest BCUT2D eigenvalue weighted by Gasteiger charge is -2.75. The Morgan fingerprint density at radius 1 is 1.24 bits per heavy atom. The first kappa shape index (κ1) is 17.8. The highest BCUT2D eigenvalue weighted by atomic mass is 16.1. The summed E-state index contributed by atoms with van der Waals surface area (Å²) in [4.78, 5) is 29.7. The van der Waals surface area contributed by atoms with Crippen LogP contribution in [0.1, 0.15) is 37.7 Å². The topological polar surface area (TPSA) is 130 Å². The molecule has 1 spiro atoms. The van der Waals surface area contributed by atoms with Gasteiger partial charge in [0, 0.05) is 5.41 Å². The Kier molecular flexibility index (Phi) is 2.83. The van der Waals surface area contributed by atoms with Crippen LogP contribution in [0.3, 0.4) is 0 Å². The van der Waals surface area contributed by atoms with E-state index in [1.54, 1.807) is 10.7 Å². The lowest BCUT2D eigenvalue weighted by atomic mass is 9.29. The molecule has 33 heavy (non-hydrogen) atoms. The number of aryl methyl sites for hydroxylation is 1. The van der Waals surface area contributed by atoms with Crippen LogP contribution in [0.5, 0.6) is 0 Å². The van der Waals surface area contributed by atoms with Gasteiger partial charge in [-0.25, -0.2) is 19.3 Å². The highest BCUT2D eigenvalue weighted by Crippen LogP contribution is 2.89. The molecule has 0 radical (unpaired) electrons. The molecule has 4 aromatic heterocycles. The molecule has 2 bridgehead atoms. The van der Waals surface area contributed by atoms with E-state index in [1.165, 1.54) is 6.33 Å². The zero-order valence-corrected chi connectivity index (χ0v) is 18.0. The normalized spacial score (nSPS) is 35.3. The van der Waals surface area contributed by atoms with Gasteiger partial charge in [-0.1, -0.05) is 0 Å². The Morgan fingerprint density at radius 2 is 2.15 bits per heavy atom. The Balaban J connectivity index is 1.26. The number of H-pyrrole nitrogens is 1. The maximum absolute atomic E-state index is 13.3. The van der Waals surface area contributed by atoms with Crippen LogP contribution in [-0.4, -0.2) is 34.1 Å². The van der Waals surface area contributed by atoms with E-state index in [4.69, 9.17) is 4.98 Å². The van der Waals surface area contributed by atoms with E-state index in [0.717, 1.165) is 49.0 Å². The molecule has 4 saturated carbocycles. The van der Waals surface area contributed by atoms with E-state index in [9.17, 15) is 10.1 Å². The van der Waals surface area contributed by atoms with Crippen molar-refractivity contribution in [2.24, 2.45) is 22.7 Å². The molecule has 0 aliphatic heterocycles. The number of nitriles is 1. The molecule has 4 aliphatic rings. The molecule has 8 rings (SSSR count). The minimum atomic E-state index is -0.301. The molecule has 0 amide bonds. The molecule has 0 aromatic carbocycles. The van der Waals surface area contributed by atoms with Crippen LogP contribution >= 0.6 is 0 Å². The summed E-state index contributed by atoms with van der Waals surface area (Å²) < 4.78 is 3.59. The zero-order chi connectivity index (χ0) is 22.2. The second-order valence-electron chi connectivity index (χ2n) is 10.5. The number of pyridine rings is 1. The SMILES string of the molecule is Cc1cc2ncnn2cc1Nc1ncc2[nH]c(=O)n(C34CC5CC6(C#N)CC(C3)C64C5)c2n1. The fourth-order valence-corrected chi connectivity index (χ4v) is 8.43. The summed E-state index contributed by atoms with van der Waals surface area (Å²) in [6.07, 6.45) is 10.0. The number of rotatable bonds is 3. The van der Waals surface area contributed by atoms with Crippen LogP contribution in [0.25, 0.3) is 16.8 Å². The molecular formula is C23H21N9O. The van der Waals surface area contributed by atoms with E-state index in [-0.39, 0.29) is 22.1 Å². The number of nitrogens with zero attached hydrogens (tertiary/aromatic N) is 7. The van der Waals surface area contributed by atoms with Gasteiger partial charge in [0.2, 0.25) is 5.95 Å². The Hall–Kier alpha value is -3.74. The Bertz CT molecular complexity index is 1620. The van der Waals surface area contributed by atoms with Crippen LogP contribution in [0.2, 0.25) is 0 Å². The van der Waals surface area contributed by atoms with Gasteiger partial charge in [-0.05, 0) is 62.5 Å². The molecule has 2 N–H and O–H groups in total. The van der Waals surface area contributed by atoms with Gasteiger partial charge in [0.1, 0.15) is 11.8 Å². The number of imidazole rings is 1. The number of nitrogens with one attached hydrogen (secondary N) is 2. The minimum absolute atomic E-state index is 0.0639. The van der Waals surface area contributed by atoms with Gasteiger partial charge in [-0.3, -0.25) is 4.57 Å². The summed E-state index contributed by atoms with van der Waals surface area (Å²) in [5, 5.41) is 17.6. The van der Waals surface area contributed by atoms with Crippen molar-refractivity contribution >= 4 is 28.4 Å². The maximum Gasteiger partial charge on any atom is 0.328 e. The van der Waals surface area contributed by atoms with Crippen molar-refractivity contribution in [1.29, 1.82) is 5.26 Å². The van der Waals surface area contributed by atoms with Gasteiger partial charge < -0.3 is 10.3 Å². The molecule has 164 valence electrons. The van der Waals surface area contributed by atoms with Gasteiger partial charge in [0.15, 0.2) is 11.3 Å². The summed E-state index contributed by atoms with van der Waals surface area (Å²) in [6, 6.07) is 4.64. The highest BCUT2D eigenvalue weighted by Gasteiger charge is 2.88. The highest BCUT2D eigenvalue weighted by molar-refractivity contribution is 5.73. The lowest BCUT2D eigenvalue weighted by Crippen LogP contribution is -2.76. The molecule has 4 fully saturated rings. The number of fused-ring (bicyclic) bond motifs is 3. The largest absolute Gasteiger partial charge is 0.328 e. The predicted molar refractivity (Wildman–Crippen MR) is 118 cm³/mol. The van der Waals surface area contributed by atoms with Crippen LogP contribution < -0.4 is 11.0 Å². The van der Waals surface area contributed by atoms with Crippen molar-refractivity contribution < 1.29 is 0 Å². The van der Waals surface area contributed by atoms with Crippen LogP contribution in [0, 0.1) is 40.9 Å². The molecule has 5 atom stereocenters. The monoisotopic (exact) mass is 439 g/mol. The van der Waals surface area contributed by atoms with E-state index >= 15 is 0 Å². The molecular weight excluding hydrogens is 418 g/mol. The molecule has 4 aromatic rings. The number of aromatic nitrogens is 7. The quantitative estimate of drug-likeness (QED) is 0.502. The van der Waals surface area contributed by atoms with Crippen LogP contribution in [-0.2, 0) is 5.54 Å². The first-order chi connectivity index (χ1) is 16.0. The van der Waals surface area contributed by atoms with Crippen molar-refractivity contribution in [3.63, 3.8) is 0 Å². The summed E-state index contributed by atoms with van der Waals surface area (Å²) >= 11 is 0.